The van der Waals surface area contributed by atoms with Crippen molar-refractivity contribution in [1.29, 1.82) is 0 Å². The molecular weight excluding hydrogens is 250 g/mol. The van der Waals surface area contributed by atoms with Gasteiger partial charge in [-0.3, -0.25) is 14.9 Å². The van der Waals surface area contributed by atoms with E-state index in [4.69, 9.17) is 11.6 Å². The minimum absolute atomic E-state index is 0.00447. The molecule has 0 atom stereocenters. The van der Waals surface area contributed by atoms with Crippen LogP contribution in [0.3, 0.4) is 0 Å². The summed E-state index contributed by atoms with van der Waals surface area (Å²) in [6.45, 7) is 0. The number of hydrogen-bond acceptors (Lipinski definition) is 4. The van der Waals surface area contributed by atoms with Crippen molar-refractivity contribution in [2.75, 3.05) is 12.1 Å². The fourth-order valence-electron chi connectivity index (χ4n) is 1.28. The average Bonchev–Trinajstić information content (AvgIpc) is 2.28. The first-order valence-corrected chi connectivity index (χ1v) is 6.23. The van der Waals surface area contributed by atoms with E-state index in [1.165, 1.54) is 23.9 Å². The van der Waals surface area contributed by atoms with Crippen molar-refractivity contribution in [3.8, 4) is 0 Å². The summed E-state index contributed by atoms with van der Waals surface area (Å²) >= 11 is 6.86. The van der Waals surface area contributed by atoms with E-state index in [0.717, 1.165) is 4.90 Å². The zero-order chi connectivity index (χ0) is 12.1. The molecule has 0 amide bonds. The van der Waals surface area contributed by atoms with Crippen LogP contribution in [0.5, 0.6) is 0 Å². The van der Waals surface area contributed by atoms with E-state index in [1.54, 1.807) is 6.07 Å². The highest BCUT2D eigenvalue weighted by molar-refractivity contribution is 7.98. The second kappa shape index (κ2) is 5.86. The van der Waals surface area contributed by atoms with E-state index < -0.39 is 4.92 Å². The van der Waals surface area contributed by atoms with Crippen molar-refractivity contribution in [3.05, 3.63) is 33.9 Å². The fraction of sp³-hybridized carbons (Fsp3) is 0.300. The number of alkyl halides is 1. The maximum atomic E-state index is 11.2. The fourth-order valence-corrected chi connectivity index (χ4v) is 1.97. The summed E-state index contributed by atoms with van der Waals surface area (Å²) in [4.78, 5) is 22.2. The van der Waals surface area contributed by atoms with Crippen molar-refractivity contribution in [2.45, 2.75) is 11.3 Å². The molecule has 0 aliphatic heterocycles. The number of carbonyl (C=O) groups excluding carboxylic acids is 1. The molecule has 16 heavy (non-hydrogen) atoms. The molecule has 0 unspecified atom stereocenters. The molecular formula is C10H10ClNO3S. The SMILES string of the molecule is CSc1ccc([N+](=O)[O-])cc1CC(=O)CCl. The predicted octanol–water partition coefficient (Wildman–Crippen LogP) is 2.67. The lowest BCUT2D eigenvalue weighted by atomic mass is 10.1. The van der Waals surface area contributed by atoms with Gasteiger partial charge in [0.2, 0.25) is 0 Å². The molecule has 0 aliphatic rings. The Morgan fingerprint density at radius 1 is 1.56 bits per heavy atom. The summed E-state index contributed by atoms with van der Waals surface area (Å²) in [6, 6.07) is 4.51. The van der Waals surface area contributed by atoms with Gasteiger partial charge in [0.25, 0.3) is 5.69 Å². The van der Waals surface area contributed by atoms with Crippen molar-refractivity contribution in [3.63, 3.8) is 0 Å². The van der Waals surface area contributed by atoms with E-state index in [1.807, 2.05) is 6.26 Å². The Bertz CT molecular complexity index is 423. The second-order valence-electron chi connectivity index (χ2n) is 3.10. The van der Waals surface area contributed by atoms with Crippen LogP contribution in [0, 0.1) is 10.1 Å². The maximum absolute atomic E-state index is 11.2. The van der Waals surface area contributed by atoms with E-state index in [0.29, 0.717) is 5.56 Å². The molecule has 0 spiro atoms. The molecule has 0 aliphatic carbocycles. The third-order valence-corrected chi connectivity index (χ3v) is 3.15. The lowest BCUT2D eigenvalue weighted by Gasteiger charge is -2.05. The summed E-state index contributed by atoms with van der Waals surface area (Å²) in [6.07, 6.45) is 2.00. The molecule has 6 heteroatoms. The van der Waals surface area contributed by atoms with Crippen molar-refractivity contribution in [2.24, 2.45) is 0 Å². The Hall–Kier alpha value is -1.07. The molecule has 1 aromatic carbocycles. The number of benzene rings is 1. The van der Waals surface area contributed by atoms with Crippen LogP contribution in [0.15, 0.2) is 23.1 Å². The number of halogens is 1. The average molecular weight is 260 g/mol. The van der Waals surface area contributed by atoms with Gasteiger partial charge in [-0.05, 0) is 17.9 Å². The normalized spacial score (nSPS) is 10.1. The Kier molecular flexibility index (Phi) is 4.76. The monoisotopic (exact) mass is 259 g/mol. The van der Waals surface area contributed by atoms with Crippen molar-refractivity contribution >= 4 is 34.8 Å². The zero-order valence-electron chi connectivity index (χ0n) is 8.60. The molecule has 0 saturated heterocycles. The number of nitrogens with zero attached hydrogens (tertiary/aromatic N) is 1. The van der Waals surface area contributed by atoms with Gasteiger partial charge in [-0.15, -0.1) is 23.4 Å². The molecule has 0 heterocycles. The predicted molar refractivity (Wildman–Crippen MR) is 64.3 cm³/mol. The number of rotatable bonds is 5. The Morgan fingerprint density at radius 2 is 2.25 bits per heavy atom. The van der Waals surface area contributed by atoms with Gasteiger partial charge in [0.1, 0.15) is 0 Å². The Balaban J connectivity index is 3.06. The van der Waals surface area contributed by atoms with Gasteiger partial charge in [0.15, 0.2) is 5.78 Å². The van der Waals surface area contributed by atoms with Gasteiger partial charge in [-0.25, -0.2) is 0 Å². The highest BCUT2D eigenvalue weighted by Crippen LogP contribution is 2.25. The largest absolute Gasteiger partial charge is 0.298 e. The molecule has 0 N–H and O–H groups in total. The molecule has 0 radical (unpaired) electrons. The standard InChI is InChI=1S/C10H10ClNO3S/c1-16-10-3-2-8(12(14)15)4-7(10)5-9(13)6-11/h2-4H,5-6H2,1H3. The number of ketones is 1. The first-order chi connectivity index (χ1) is 7.58. The second-order valence-corrected chi connectivity index (χ2v) is 4.22. The number of carbonyl (C=O) groups is 1. The smallest absolute Gasteiger partial charge is 0.269 e. The molecule has 1 rings (SSSR count). The van der Waals surface area contributed by atoms with Crippen molar-refractivity contribution < 1.29 is 9.72 Å². The highest BCUT2D eigenvalue weighted by atomic mass is 35.5. The summed E-state index contributed by atoms with van der Waals surface area (Å²) < 4.78 is 0. The van der Waals surface area contributed by atoms with E-state index >= 15 is 0 Å². The van der Waals surface area contributed by atoms with E-state index in [2.05, 4.69) is 0 Å². The first-order valence-electron chi connectivity index (χ1n) is 4.47. The summed E-state index contributed by atoms with van der Waals surface area (Å²) in [7, 11) is 0. The number of Topliss-reactive ketones (excluding diaryl/α,β-unsaturated/α-hetero) is 1. The Labute approximate surface area is 102 Å². The molecule has 4 nitrogen and oxygen atoms in total. The zero-order valence-corrected chi connectivity index (χ0v) is 10.2. The molecule has 0 bridgehead atoms. The first kappa shape index (κ1) is 13.0. The lowest BCUT2D eigenvalue weighted by Crippen LogP contribution is -2.05. The summed E-state index contributed by atoms with van der Waals surface area (Å²) in [5.74, 6) is -0.214. The van der Waals surface area contributed by atoms with Crippen LogP contribution in [-0.4, -0.2) is 22.8 Å². The van der Waals surface area contributed by atoms with E-state index in [-0.39, 0.29) is 23.8 Å². The third kappa shape index (κ3) is 3.21. The van der Waals surface area contributed by atoms with Gasteiger partial charge in [-0.1, -0.05) is 0 Å². The van der Waals surface area contributed by atoms with Gasteiger partial charge in [0, 0.05) is 23.4 Å². The summed E-state index contributed by atoms with van der Waals surface area (Å²) in [5.41, 5.74) is 0.655. The molecule has 0 saturated carbocycles. The maximum Gasteiger partial charge on any atom is 0.269 e. The molecule has 1 aromatic rings. The van der Waals surface area contributed by atoms with E-state index in [9.17, 15) is 14.9 Å². The lowest BCUT2D eigenvalue weighted by molar-refractivity contribution is -0.385. The van der Waals surface area contributed by atoms with Crippen molar-refractivity contribution in [1.82, 2.24) is 0 Å². The molecule has 0 fully saturated rings. The third-order valence-electron chi connectivity index (χ3n) is 2.01. The van der Waals surface area contributed by atoms with Crippen LogP contribution in [0.2, 0.25) is 0 Å². The van der Waals surface area contributed by atoms with Gasteiger partial charge < -0.3 is 0 Å². The Morgan fingerprint density at radius 3 is 2.75 bits per heavy atom. The minimum atomic E-state index is -0.473. The van der Waals surface area contributed by atoms with Gasteiger partial charge >= 0.3 is 0 Å². The van der Waals surface area contributed by atoms with Crippen LogP contribution < -0.4 is 0 Å². The van der Waals surface area contributed by atoms with Gasteiger partial charge in [0.05, 0.1) is 10.8 Å². The number of non-ortho nitro benzene ring substituents is 1. The number of nitro benzene ring substituents is 1. The van der Waals surface area contributed by atoms with Crippen LogP contribution in [-0.2, 0) is 11.2 Å². The quantitative estimate of drug-likeness (QED) is 0.353. The topological polar surface area (TPSA) is 60.2 Å². The van der Waals surface area contributed by atoms with Crippen LogP contribution >= 0.6 is 23.4 Å². The highest BCUT2D eigenvalue weighted by Gasteiger charge is 2.12. The van der Waals surface area contributed by atoms with Crippen LogP contribution in [0.1, 0.15) is 5.56 Å². The molecule has 0 aromatic heterocycles. The van der Waals surface area contributed by atoms with Crippen LogP contribution in [0.25, 0.3) is 0 Å². The number of hydrogen-bond donors (Lipinski definition) is 0. The molecule has 86 valence electrons. The number of thioether (sulfide) groups is 1. The van der Waals surface area contributed by atoms with Gasteiger partial charge in [-0.2, -0.15) is 0 Å². The number of nitro groups is 1. The van der Waals surface area contributed by atoms with Crippen LogP contribution in [0.4, 0.5) is 5.69 Å². The summed E-state index contributed by atoms with van der Waals surface area (Å²) in [5, 5.41) is 10.6. The minimum Gasteiger partial charge on any atom is -0.298 e.